The number of rotatable bonds is 2. The molecule has 0 aliphatic carbocycles. The maximum absolute atomic E-state index is 14.1. The van der Waals surface area contributed by atoms with Gasteiger partial charge in [-0.25, -0.2) is 4.79 Å². The lowest BCUT2D eigenvalue weighted by Crippen LogP contribution is -2.68. The standard InChI is InChI=1S/C28H24N4O6/c1-29-25(33)28(26(34)30(2)27(29)35)15-18-14-19(32(36)37)12-13-21(18)31-16-23(17-8-4-3-5-9-17)38-22-11-7-6-10-20(22)24(28)31/h3-14,23-24H,15-16H2,1-2H3/t23-,24+/m1/s1. The Morgan fingerprint density at radius 2 is 1.58 bits per heavy atom. The monoisotopic (exact) mass is 512 g/mol. The zero-order valence-electron chi connectivity index (χ0n) is 20.7. The van der Waals surface area contributed by atoms with Crippen LogP contribution in [0.15, 0.2) is 72.8 Å². The van der Waals surface area contributed by atoms with Gasteiger partial charge in [0.25, 0.3) is 5.69 Å². The van der Waals surface area contributed by atoms with E-state index < -0.39 is 40.3 Å². The average Bonchev–Trinajstić information content (AvgIpc) is 3.12. The Kier molecular flexibility index (Phi) is 5.23. The largest absolute Gasteiger partial charge is 0.484 e. The number of fused-ring (bicyclic) bond motifs is 6. The molecule has 3 aromatic rings. The molecule has 3 aromatic carbocycles. The van der Waals surface area contributed by atoms with E-state index >= 15 is 0 Å². The van der Waals surface area contributed by atoms with Crippen LogP contribution >= 0.6 is 0 Å². The maximum Gasteiger partial charge on any atom is 0.332 e. The molecule has 192 valence electrons. The minimum Gasteiger partial charge on any atom is -0.484 e. The Balaban J connectivity index is 1.65. The van der Waals surface area contributed by atoms with E-state index in [0.717, 1.165) is 15.4 Å². The van der Waals surface area contributed by atoms with Crippen molar-refractivity contribution in [1.82, 2.24) is 9.80 Å². The molecule has 38 heavy (non-hydrogen) atoms. The van der Waals surface area contributed by atoms with E-state index in [2.05, 4.69) is 0 Å². The summed E-state index contributed by atoms with van der Waals surface area (Å²) >= 11 is 0. The number of nitro benzene ring substituents is 1. The van der Waals surface area contributed by atoms with Crippen LogP contribution in [0, 0.1) is 15.5 Å². The highest BCUT2D eigenvalue weighted by atomic mass is 16.6. The molecule has 10 heteroatoms. The van der Waals surface area contributed by atoms with Gasteiger partial charge >= 0.3 is 6.03 Å². The van der Waals surface area contributed by atoms with Crippen LogP contribution in [0.3, 0.4) is 0 Å². The SMILES string of the molecule is CN1C(=O)N(C)C(=O)C2(Cc3cc([N+](=O)[O-])ccc3N3C[C@H](c4ccccc4)Oc4ccccc4[C@H]32)C1=O. The number of benzene rings is 3. The Morgan fingerprint density at radius 1 is 0.921 bits per heavy atom. The summed E-state index contributed by atoms with van der Waals surface area (Å²) in [6.07, 6.45) is -0.568. The molecule has 4 amide bonds. The number of non-ortho nitro benzene ring substituents is 1. The molecule has 10 nitrogen and oxygen atoms in total. The summed E-state index contributed by atoms with van der Waals surface area (Å²) < 4.78 is 6.52. The van der Waals surface area contributed by atoms with Crippen LogP contribution in [0.25, 0.3) is 0 Å². The second-order valence-corrected chi connectivity index (χ2v) is 9.84. The van der Waals surface area contributed by atoms with Crippen LogP contribution in [-0.4, -0.2) is 53.2 Å². The van der Waals surface area contributed by atoms with Gasteiger partial charge < -0.3 is 9.64 Å². The Labute approximate surface area is 218 Å². The van der Waals surface area contributed by atoms with E-state index in [-0.39, 0.29) is 18.7 Å². The summed E-state index contributed by atoms with van der Waals surface area (Å²) in [4.78, 5) is 55.9. The molecular formula is C28H24N4O6. The summed E-state index contributed by atoms with van der Waals surface area (Å²) in [5.74, 6) is -0.766. The van der Waals surface area contributed by atoms with Gasteiger partial charge in [-0.1, -0.05) is 48.5 Å². The Morgan fingerprint density at radius 3 is 2.26 bits per heavy atom. The molecule has 0 bridgehead atoms. The van der Waals surface area contributed by atoms with Crippen LogP contribution in [0.2, 0.25) is 0 Å². The van der Waals surface area contributed by atoms with Gasteiger partial charge in [-0.15, -0.1) is 0 Å². The summed E-state index contributed by atoms with van der Waals surface area (Å²) in [5.41, 5.74) is 0.807. The zero-order valence-corrected chi connectivity index (χ0v) is 20.7. The first kappa shape index (κ1) is 23.7. The topological polar surface area (TPSA) is 113 Å². The fraction of sp³-hybridized carbons (Fsp3) is 0.250. The van der Waals surface area contributed by atoms with Gasteiger partial charge in [0.1, 0.15) is 11.9 Å². The van der Waals surface area contributed by atoms with E-state index in [4.69, 9.17) is 4.74 Å². The van der Waals surface area contributed by atoms with Crippen molar-refractivity contribution in [2.45, 2.75) is 18.6 Å². The molecule has 6 rings (SSSR count). The molecular weight excluding hydrogens is 488 g/mol. The highest BCUT2D eigenvalue weighted by Gasteiger charge is 2.64. The third kappa shape index (κ3) is 3.22. The van der Waals surface area contributed by atoms with Gasteiger partial charge in [0, 0.05) is 43.9 Å². The number of carbonyl (C=O) groups is 3. The van der Waals surface area contributed by atoms with Crippen molar-refractivity contribution >= 4 is 29.2 Å². The van der Waals surface area contributed by atoms with E-state index in [1.54, 1.807) is 6.07 Å². The normalized spacial score (nSPS) is 21.8. The molecule has 0 aromatic heterocycles. The summed E-state index contributed by atoms with van der Waals surface area (Å²) in [7, 11) is 2.71. The Bertz CT molecular complexity index is 1480. The second kappa shape index (κ2) is 8.41. The number of hydrogen-bond acceptors (Lipinski definition) is 7. The van der Waals surface area contributed by atoms with Crippen molar-refractivity contribution in [3.8, 4) is 5.75 Å². The van der Waals surface area contributed by atoms with Crippen LogP contribution in [0.4, 0.5) is 16.2 Å². The van der Waals surface area contributed by atoms with Gasteiger partial charge in [-0.3, -0.25) is 29.5 Å². The number of hydrogen-bond donors (Lipinski definition) is 0. The third-order valence-electron chi connectivity index (χ3n) is 7.79. The first-order chi connectivity index (χ1) is 18.2. The molecule has 3 heterocycles. The molecule has 3 aliphatic rings. The lowest BCUT2D eigenvalue weighted by molar-refractivity contribution is -0.384. The van der Waals surface area contributed by atoms with Crippen LogP contribution in [0.1, 0.15) is 28.8 Å². The number of imide groups is 2. The number of carbonyl (C=O) groups excluding carboxylic acids is 3. The quantitative estimate of drug-likeness (QED) is 0.291. The highest BCUT2D eigenvalue weighted by molar-refractivity contribution is 6.20. The van der Waals surface area contributed by atoms with Crippen molar-refractivity contribution in [2.24, 2.45) is 5.41 Å². The minimum atomic E-state index is -1.75. The molecule has 0 unspecified atom stereocenters. The lowest BCUT2D eigenvalue weighted by atomic mass is 9.66. The number of amides is 4. The molecule has 0 saturated carbocycles. The van der Waals surface area contributed by atoms with Crippen molar-refractivity contribution in [1.29, 1.82) is 0 Å². The molecule has 1 spiro atoms. The van der Waals surface area contributed by atoms with Crippen molar-refractivity contribution in [3.63, 3.8) is 0 Å². The summed E-state index contributed by atoms with van der Waals surface area (Å²) in [5, 5.41) is 11.6. The van der Waals surface area contributed by atoms with E-state index in [1.165, 1.54) is 26.2 Å². The number of urea groups is 1. The van der Waals surface area contributed by atoms with Crippen LogP contribution in [-0.2, 0) is 16.0 Å². The molecule has 3 aliphatic heterocycles. The van der Waals surface area contributed by atoms with Crippen molar-refractivity contribution in [2.75, 3.05) is 25.5 Å². The van der Waals surface area contributed by atoms with E-state index in [9.17, 15) is 24.5 Å². The van der Waals surface area contributed by atoms with Crippen LogP contribution < -0.4 is 9.64 Å². The number of nitrogens with zero attached hydrogens (tertiary/aromatic N) is 4. The molecule has 2 atom stereocenters. The van der Waals surface area contributed by atoms with Crippen molar-refractivity contribution < 1.29 is 24.0 Å². The predicted molar refractivity (Wildman–Crippen MR) is 137 cm³/mol. The van der Waals surface area contributed by atoms with Gasteiger partial charge in [0.2, 0.25) is 11.8 Å². The first-order valence-electron chi connectivity index (χ1n) is 12.2. The fourth-order valence-corrected chi connectivity index (χ4v) is 6.04. The average molecular weight is 513 g/mol. The molecule has 1 fully saturated rings. The van der Waals surface area contributed by atoms with E-state index in [1.807, 2.05) is 59.5 Å². The first-order valence-corrected chi connectivity index (χ1v) is 12.2. The van der Waals surface area contributed by atoms with Gasteiger partial charge in [0.05, 0.1) is 17.5 Å². The summed E-state index contributed by atoms with van der Waals surface area (Å²) in [6, 6.07) is 19.9. The number of anilines is 1. The Hall–Kier alpha value is -4.73. The van der Waals surface area contributed by atoms with Crippen molar-refractivity contribution in [3.05, 3.63) is 99.6 Å². The molecule has 1 saturated heterocycles. The minimum absolute atomic E-state index is 0.102. The van der Waals surface area contributed by atoms with Gasteiger partial charge in [-0.05, 0) is 23.3 Å². The smallest absolute Gasteiger partial charge is 0.332 e. The number of nitro groups is 1. The third-order valence-corrected chi connectivity index (χ3v) is 7.79. The molecule has 0 N–H and O–H groups in total. The van der Waals surface area contributed by atoms with Gasteiger partial charge in [-0.2, -0.15) is 0 Å². The fourth-order valence-electron chi connectivity index (χ4n) is 6.04. The predicted octanol–water partition coefficient (Wildman–Crippen LogP) is 3.87. The maximum atomic E-state index is 14.1. The second-order valence-electron chi connectivity index (χ2n) is 9.84. The zero-order chi connectivity index (χ0) is 26.8. The van der Waals surface area contributed by atoms with Gasteiger partial charge in [0.15, 0.2) is 5.41 Å². The lowest BCUT2D eigenvalue weighted by Gasteiger charge is -2.52. The van der Waals surface area contributed by atoms with E-state index in [0.29, 0.717) is 22.6 Å². The highest BCUT2D eigenvalue weighted by Crippen LogP contribution is 2.56. The number of para-hydroxylation sites is 1. The number of barbiturate groups is 1. The molecule has 0 radical (unpaired) electrons. The van der Waals surface area contributed by atoms with Crippen LogP contribution in [0.5, 0.6) is 5.75 Å². The summed E-state index contributed by atoms with van der Waals surface area (Å²) in [6.45, 7) is 0.262. The number of ether oxygens (including phenoxy) is 1.